The van der Waals surface area contributed by atoms with Crippen molar-refractivity contribution in [2.24, 2.45) is 0 Å². The molecular weight excluding hydrogens is 376 g/mol. The molecule has 0 aliphatic carbocycles. The summed E-state index contributed by atoms with van der Waals surface area (Å²) in [5.41, 5.74) is 0.925. The van der Waals surface area contributed by atoms with E-state index in [9.17, 15) is 9.59 Å². The van der Waals surface area contributed by atoms with Crippen LogP contribution in [0.3, 0.4) is 0 Å². The molecule has 0 aliphatic heterocycles. The van der Waals surface area contributed by atoms with Crippen LogP contribution in [-0.2, 0) is 16.1 Å². The molecule has 2 amide bonds. The van der Waals surface area contributed by atoms with E-state index in [0.29, 0.717) is 37.6 Å². The fourth-order valence-corrected chi connectivity index (χ4v) is 2.89. The molecule has 5 nitrogen and oxygen atoms in total. The van der Waals surface area contributed by atoms with E-state index < -0.39 is 6.04 Å². The van der Waals surface area contributed by atoms with Gasteiger partial charge in [-0.1, -0.05) is 41.9 Å². The van der Waals surface area contributed by atoms with Crippen molar-refractivity contribution in [2.45, 2.75) is 39.3 Å². The van der Waals surface area contributed by atoms with E-state index in [-0.39, 0.29) is 11.8 Å². The third kappa shape index (κ3) is 6.89. The Balaban J connectivity index is 1.96. The Labute approximate surface area is 171 Å². The molecular formula is C22H27ClN2O3. The van der Waals surface area contributed by atoms with Gasteiger partial charge >= 0.3 is 0 Å². The highest BCUT2D eigenvalue weighted by Gasteiger charge is 2.25. The number of amides is 2. The van der Waals surface area contributed by atoms with Gasteiger partial charge in [0.05, 0.1) is 6.61 Å². The molecule has 0 aromatic heterocycles. The number of likely N-dealkylation sites (N-methyl/N-ethyl adjacent to an activating group) is 1. The highest BCUT2D eigenvalue weighted by molar-refractivity contribution is 6.30. The third-order valence-corrected chi connectivity index (χ3v) is 4.58. The number of halogens is 1. The van der Waals surface area contributed by atoms with Crippen LogP contribution in [0.5, 0.6) is 5.75 Å². The fraction of sp³-hybridized carbons (Fsp3) is 0.364. The molecule has 1 N–H and O–H groups in total. The maximum Gasteiger partial charge on any atom is 0.242 e. The van der Waals surface area contributed by atoms with E-state index in [4.69, 9.17) is 16.3 Å². The maximum absolute atomic E-state index is 12.8. The molecule has 0 radical (unpaired) electrons. The molecule has 0 heterocycles. The first-order valence-corrected chi connectivity index (χ1v) is 9.88. The Morgan fingerprint density at radius 2 is 1.79 bits per heavy atom. The maximum atomic E-state index is 12.8. The van der Waals surface area contributed by atoms with Gasteiger partial charge in [-0.2, -0.15) is 0 Å². The largest absolute Gasteiger partial charge is 0.494 e. The number of rotatable bonds is 10. The van der Waals surface area contributed by atoms with Crippen LogP contribution in [0.25, 0.3) is 0 Å². The van der Waals surface area contributed by atoms with E-state index in [1.165, 1.54) is 0 Å². The van der Waals surface area contributed by atoms with E-state index in [1.807, 2.05) is 49.4 Å². The summed E-state index contributed by atoms with van der Waals surface area (Å²) in [5.74, 6) is 0.541. The molecule has 0 spiro atoms. The van der Waals surface area contributed by atoms with Crippen LogP contribution in [0.2, 0.25) is 5.02 Å². The summed E-state index contributed by atoms with van der Waals surface area (Å²) in [6, 6.07) is 16.2. The zero-order valence-corrected chi connectivity index (χ0v) is 17.1. The van der Waals surface area contributed by atoms with Gasteiger partial charge in [-0.15, -0.1) is 0 Å². The Kier molecular flexibility index (Phi) is 8.82. The second-order valence-electron chi connectivity index (χ2n) is 6.48. The van der Waals surface area contributed by atoms with Gasteiger partial charge in [0, 0.05) is 24.5 Å². The summed E-state index contributed by atoms with van der Waals surface area (Å²) < 4.78 is 5.65. The minimum Gasteiger partial charge on any atom is -0.494 e. The van der Waals surface area contributed by atoms with Crippen LogP contribution in [0.4, 0.5) is 0 Å². The van der Waals surface area contributed by atoms with Gasteiger partial charge in [-0.25, -0.2) is 0 Å². The number of benzene rings is 2. The predicted octanol–water partition coefficient (Wildman–Crippen LogP) is 4.05. The summed E-state index contributed by atoms with van der Waals surface area (Å²) >= 11 is 5.94. The van der Waals surface area contributed by atoms with Gasteiger partial charge in [-0.05, 0) is 50.1 Å². The van der Waals surface area contributed by atoms with Crippen LogP contribution in [0.1, 0.15) is 32.3 Å². The molecule has 150 valence electrons. The van der Waals surface area contributed by atoms with E-state index in [2.05, 4.69) is 5.32 Å². The van der Waals surface area contributed by atoms with Gasteiger partial charge in [0.1, 0.15) is 11.8 Å². The zero-order valence-electron chi connectivity index (χ0n) is 16.4. The molecule has 2 aromatic rings. The molecule has 0 saturated heterocycles. The lowest BCUT2D eigenvalue weighted by Gasteiger charge is -2.28. The van der Waals surface area contributed by atoms with Crippen molar-refractivity contribution in [1.29, 1.82) is 0 Å². The average Bonchev–Trinajstić information content (AvgIpc) is 2.71. The molecule has 0 saturated carbocycles. The minimum atomic E-state index is -0.557. The number of carbonyl (C=O) groups excluding carboxylic acids is 2. The minimum absolute atomic E-state index is 0.0784. The van der Waals surface area contributed by atoms with Gasteiger partial charge in [0.25, 0.3) is 0 Å². The molecule has 28 heavy (non-hydrogen) atoms. The molecule has 1 atom stereocenters. The van der Waals surface area contributed by atoms with Gasteiger partial charge < -0.3 is 15.0 Å². The lowest BCUT2D eigenvalue weighted by Crippen LogP contribution is -2.47. The zero-order chi connectivity index (χ0) is 20.4. The average molecular weight is 403 g/mol. The standard InChI is InChI=1S/C22H27ClN2O3/c1-3-24-22(27)17(2)25(16-18-11-13-19(23)14-12-18)21(26)10-7-15-28-20-8-5-4-6-9-20/h4-6,8-9,11-14,17H,3,7,10,15-16H2,1-2H3,(H,24,27)/t17-/m0/s1. The van der Waals surface area contributed by atoms with Crippen LogP contribution < -0.4 is 10.1 Å². The number of nitrogens with zero attached hydrogens (tertiary/aromatic N) is 1. The quantitative estimate of drug-likeness (QED) is 0.610. The summed E-state index contributed by atoms with van der Waals surface area (Å²) in [6.07, 6.45) is 0.886. The number of carbonyl (C=O) groups is 2. The SMILES string of the molecule is CCNC(=O)[C@H](C)N(Cc1ccc(Cl)cc1)C(=O)CCCOc1ccccc1. The van der Waals surface area contributed by atoms with Gasteiger partial charge in [-0.3, -0.25) is 9.59 Å². The van der Waals surface area contributed by atoms with Crippen molar-refractivity contribution in [3.05, 3.63) is 65.2 Å². The molecule has 0 bridgehead atoms. The fourth-order valence-electron chi connectivity index (χ4n) is 2.76. The van der Waals surface area contributed by atoms with Crippen molar-refractivity contribution in [3.8, 4) is 5.75 Å². The van der Waals surface area contributed by atoms with E-state index >= 15 is 0 Å². The first-order valence-electron chi connectivity index (χ1n) is 9.50. The van der Waals surface area contributed by atoms with Crippen LogP contribution in [-0.4, -0.2) is 35.9 Å². The Hall–Kier alpha value is -2.53. The van der Waals surface area contributed by atoms with Gasteiger partial charge in [0.15, 0.2) is 0 Å². The molecule has 2 rings (SSSR count). The van der Waals surface area contributed by atoms with E-state index in [1.54, 1.807) is 24.0 Å². The van der Waals surface area contributed by atoms with Crippen LogP contribution >= 0.6 is 11.6 Å². The van der Waals surface area contributed by atoms with Gasteiger partial charge in [0.2, 0.25) is 11.8 Å². The highest BCUT2D eigenvalue weighted by Crippen LogP contribution is 2.15. The summed E-state index contributed by atoms with van der Waals surface area (Å²) in [6.45, 7) is 4.93. The van der Waals surface area contributed by atoms with E-state index in [0.717, 1.165) is 11.3 Å². The van der Waals surface area contributed by atoms with Crippen molar-refractivity contribution >= 4 is 23.4 Å². The van der Waals surface area contributed by atoms with Crippen molar-refractivity contribution < 1.29 is 14.3 Å². The number of ether oxygens (including phenoxy) is 1. The molecule has 6 heteroatoms. The highest BCUT2D eigenvalue weighted by atomic mass is 35.5. The van der Waals surface area contributed by atoms with Crippen molar-refractivity contribution in [1.82, 2.24) is 10.2 Å². The Morgan fingerprint density at radius 1 is 1.11 bits per heavy atom. The summed E-state index contributed by atoms with van der Waals surface area (Å²) in [5, 5.41) is 3.42. The summed E-state index contributed by atoms with van der Waals surface area (Å²) in [7, 11) is 0. The molecule has 0 unspecified atom stereocenters. The van der Waals surface area contributed by atoms with Crippen LogP contribution in [0.15, 0.2) is 54.6 Å². The lowest BCUT2D eigenvalue weighted by atomic mass is 10.1. The number of para-hydroxylation sites is 1. The first-order chi connectivity index (χ1) is 13.5. The molecule has 0 fully saturated rings. The normalized spacial score (nSPS) is 11.5. The van der Waals surface area contributed by atoms with Crippen molar-refractivity contribution in [3.63, 3.8) is 0 Å². The monoisotopic (exact) mass is 402 g/mol. The van der Waals surface area contributed by atoms with Crippen LogP contribution in [0, 0.1) is 0 Å². The number of nitrogens with one attached hydrogen (secondary N) is 1. The lowest BCUT2D eigenvalue weighted by molar-refractivity contribution is -0.140. The topological polar surface area (TPSA) is 58.6 Å². The smallest absolute Gasteiger partial charge is 0.242 e. The first kappa shape index (κ1) is 21.8. The predicted molar refractivity (Wildman–Crippen MR) is 111 cm³/mol. The van der Waals surface area contributed by atoms with Crippen molar-refractivity contribution in [2.75, 3.05) is 13.2 Å². The number of hydrogen-bond donors (Lipinski definition) is 1. The molecule has 0 aliphatic rings. The summed E-state index contributed by atoms with van der Waals surface area (Å²) in [4.78, 5) is 26.7. The Bertz CT molecular complexity index is 750. The number of hydrogen-bond acceptors (Lipinski definition) is 3. The third-order valence-electron chi connectivity index (χ3n) is 4.33. The molecule has 2 aromatic carbocycles. The second-order valence-corrected chi connectivity index (χ2v) is 6.92. The Morgan fingerprint density at radius 3 is 2.43 bits per heavy atom. The second kappa shape index (κ2) is 11.3.